The average Bonchev–Trinajstić information content (AvgIpc) is 2.77. The molecule has 2 saturated heterocycles. The Morgan fingerprint density at radius 2 is 2.11 bits per heavy atom. The van der Waals surface area contributed by atoms with Crippen molar-refractivity contribution < 1.29 is 19.2 Å². The van der Waals surface area contributed by atoms with E-state index >= 15 is 0 Å². The third-order valence-corrected chi connectivity index (χ3v) is 5.03. The Hall–Kier alpha value is -2.49. The zero-order valence-electron chi connectivity index (χ0n) is 15.8. The highest BCUT2D eigenvalue weighted by molar-refractivity contribution is 5.95. The lowest BCUT2D eigenvalue weighted by molar-refractivity contribution is -0.175. The van der Waals surface area contributed by atoms with E-state index in [1.807, 2.05) is 6.92 Å². The van der Waals surface area contributed by atoms with Gasteiger partial charge in [-0.3, -0.25) is 19.4 Å². The summed E-state index contributed by atoms with van der Waals surface area (Å²) in [5.74, 6) is -0.677. The van der Waals surface area contributed by atoms with Gasteiger partial charge in [0.1, 0.15) is 6.04 Å². The lowest BCUT2D eigenvalue weighted by Gasteiger charge is -2.43. The molecule has 0 aromatic rings. The number of rotatable bonds is 7. The van der Waals surface area contributed by atoms with Gasteiger partial charge in [-0.1, -0.05) is 6.92 Å². The minimum absolute atomic E-state index is 0.116. The summed E-state index contributed by atoms with van der Waals surface area (Å²) in [6, 6.07) is -1.91. The second kappa shape index (κ2) is 9.45. The number of hydrazone groups is 1. The highest BCUT2D eigenvalue weighted by Crippen LogP contribution is 2.26. The maximum Gasteiger partial charge on any atom is 0.332 e. The van der Waals surface area contributed by atoms with E-state index in [0.29, 0.717) is 32.2 Å². The molecule has 0 aromatic heterocycles. The largest absolute Gasteiger partial charge is 0.350 e. The first-order chi connectivity index (χ1) is 12.9. The van der Waals surface area contributed by atoms with Crippen molar-refractivity contribution in [1.82, 2.24) is 20.8 Å². The van der Waals surface area contributed by atoms with Crippen LogP contribution in [-0.4, -0.2) is 65.5 Å². The second-order valence-corrected chi connectivity index (χ2v) is 6.83. The van der Waals surface area contributed by atoms with Crippen LogP contribution in [0.2, 0.25) is 0 Å². The number of carbonyl (C=O) groups excluding carboxylic acids is 4. The number of nitrogens with one attached hydrogen (secondary N) is 2. The minimum Gasteiger partial charge on any atom is -0.350 e. The van der Waals surface area contributed by atoms with Crippen LogP contribution < -0.4 is 16.5 Å². The lowest BCUT2D eigenvalue weighted by Crippen LogP contribution is -2.61. The minimum atomic E-state index is -0.776. The van der Waals surface area contributed by atoms with E-state index in [2.05, 4.69) is 15.8 Å². The second-order valence-electron chi connectivity index (χ2n) is 6.83. The van der Waals surface area contributed by atoms with E-state index < -0.39 is 18.1 Å². The summed E-state index contributed by atoms with van der Waals surface area (Å²) in [5.41, 5.74) is 7.08. The van der Waals surface area contributed by atoms with E-state index in [-0.39, 0.29) is 36.4 Å². The van der Waals surface area contributed by atoms with Gasteiger partial charge in [-0.05, 0) is 32.7 Å². The Kier molecular flexibility index (Phi) is 7.28. The summed E-state index contributed by atoms with van der Waals surface area (Å²) in [5, 5.41) is 9.48. The van der Waals surface area contributed by atoms with Gasteiger partial charge in [0.15, 0.2) is 5.78 Å². The number of fused-ring (bicyclic) bond motifs is 1. The molecule has 2 heterocycles. The molecule has 2 aliphatic heterocycles. The molecule has 27 heavy (non-hydrogen) atoms. The van der Waals surface area contributed by atoms with Crippen molar-refractivity contribution >= 4 is 29.8 Å². The monoisotopic (exact) mass is 380 g/mol. The maximum absolute atomic E-state index is 13.0. The van der Waals surface area contributed by atoms with Gasteiger partial charge in [0.05, 0.1) is 6.04 Å². The van der Waals surface area contributed by atoms with Gasteiger partial charge in [-0.25, -0.2) is 15.2 Å². The molecule has 0 aromatic carbocycles. The Bertz CT molecular complexity index is 623. The van der Waals surface area contributed by atoms with Crippen LogP contribution in [0.1, 0.15) is 45.4 Å². The Morgan fingerprint density at radius 1 is 1.37 bits per heavy atom. The number of carbonyl (C=O) groups is 4. The van der Waals surface area contributed by atoms with Crippen LogP contribution in [0.15, 0.2) is 5.10 Å². The van der Waals surface area contributed by atoms with Gasteiger partial charge in [-0.2, -0.15) is 5.10 Å². The summed E-state index contributed by atoms with van der Waals surface area (Å²) in [4.78, 5) is 49.0. The fourth-order valence-electron chi connectivity index (χ4n) is 3.50. The molecular weight excluding hydrogens is 352 g/mol. The van der Waals surface area contributed by atoms with Gasteiger partial charge in [0, 0.05) is 31.5 Å². The molecule has 150 valence electrons. The zero-order valence-corrected chi connectivity index (χ0v) is 15.8. The number of nitrogens with two attached hydrogens (primary N) is 1. The van der Waals surface area contributed by atoms with Crippen molar-refractivity contribution in [2.75, 3.05) is 13.6 Å². The molecule has 0 bridgehead atoms. The quantitative estimate of drug-likeness (QED) is 0.413. The third kappa shape index (κ3) is 5.03. The standard InChI is InChI=1S/C17H28N6O4/c1-3-11(10-20-21-17(18)27)9-14(24)13-5-4-8-22-15(25)7-6-12(19-2)16(26)23(13)22/h10-13,19H,3-9H2,1-2H3,(H3,18,21,27)/b20-10+/t11-,12+,13+/m1/s1. The fourth-order valence-corrected chi connectivity index (χ4v) is 3.50. The van der Waals surface area contributed by atoms with Crippen molar-refractivity contribution in [2.45, 2.75) is 57.5 Å². The topological polar surface area (TPSA) is 137 Å². The molecule has 2 fully saturated rings. The number of ketones is 1. The van der Waals surface area contributed by atoms with Gasteiger partial charge >= 0.3 is 6.03 Å². The highest BCUT2D eigenvalue weighted by Gasteiger charge is 2.43. The molecule has 10 nitrogen and oxygen atoms in total. The molecule has 2 rings (SSSR count). The van der Waals surface area contributed by atoms with E-state index in [9.17, 15) is 19.2 Å². The van der Waals surface area contributed by atoms with E-state index in [1.54, 1.807) is 7.05 Å². The van der Waals surface area contributed by atoms with Crippen LogP contribution in [0.4, 0.5) is 4.79 Å². The third-order valence-electron chi connectivity index (χ3n) is 5.03. The SMILES string of the molecule is CC[C@@H](/C=N/NC(N)=O)CC(=O)[C@@H]1CCCN2C(=O)CC[C@H](NC)C(=O)N12. The summed E-state index contributed by atoms with van der Waals surface area (Å²) in [6.07, 6.45) is 4.18. The highest BCUT2D eigenvalue weighted by atomic mass is 16.2. The van der Waals surface area contributed by atoms with Gasteiger partial charge in [0.2, 0.25) is 5.91 Å². The van der Waals surface area contributed by atoms with E-state index in [4.69, 9.17) is 5.73 Å². The molecular formula is C17H28N6O4. The Balaban J connectivity index is 2.15. The number of urea groups is 1. The van der Waals surface area contributed by atoms with E-state index in [0.717, 1.165) is 0 Å². The summed E-state index contributed by atoms with van der Waals surface area (Å²) in [6.45, 7) is 2.35. The molecule has 10 heteroatoms. The number of amides is 4. The first-order valence-corrected chi connectivity index (χ1v) is 9.31. The molecule has 0 unspecified atom stereocenters. The first kappa shape index (κ1) is 20.8. The summed E-state index contributed by atoms with van der Waals surface area (Å²) in [7, 11) is 1.68. The lowest BCUT2D eigenvalue weighted by atomic mass is 9.93. The van der Waals surface area contributed by atoms with Crippen LogP contribution in [0.3, 0.4) is 0 Å². The first-order valence-electron chi connectivity index (χ1n) is 9.31. The van der Waals surface area contributed by atoms with Crippen LogP contribution in [0.25, 0.3) is 0 Å². The zero-order chi connectivity index (χ0) is 20.0. The maximum atomic E-state index is 13.0. The predicted molar refractivity (Wildman–Crippen MR) is 98.3 cm³/mol. The van der Waals surface area contributed by atoms with Crippen LogP contribution >= 0.6 is 0 Å². The number of hydrazine groups is 1. The molecule has 0 aliphatic carbocycles. The number of nitrogens with zero attached hydrogens (tertiary/aromatic N) is 3. The van der Waals surface area contributed by atoms with Gasteiger partial charge in [0.25, 0.3) is 5.91 Å². The Morgan fingerprint density at radius 3 is 2.74 bits per heavy atom. The molecule has 0 radical (unpaired) electrons. The van der Waals surface area contributed by atoms with Crippen molar-refractivity contribution in [3.05, 3.63) is 0 Å². The molecule has 2 aliphatic rings. The number of hydrogen-bond acceptors (Lipinski definition) is 6. The van der Waals surface area contributed by atoms with Crippen LogP contribution in [0.5, 0.6) is 0 Å². The van der Waals surface area contributed by atoms with Gasteiger partial charge in [-0.15, -0.1) is 0 Å². The van der Waals surface area contributed by atoms with Crippen molar-refractivity contribution in [1.29, 1.82) is 0 Å². The van der Waals surface area contributed by atoms with Crippen LogP contribution in [-0.2, 0) is 14.4 Å². The van der Waals surface area contributed by atoms with Crippen molar-refractivity contribution in [3.8, 4) is 0 Å². The normalized spacial score (nSPS) is 24.5. The predicted octanol–water partition coefficient (Wildman–Crippen LogP) is -0.258. The van der Waals surface area contributed by atoms with Gasteiger partial charge < -0.3 is 11.1 Å². The molecule has 0 saturated carbocycles. The average molecular weight is 380 g/mol. The molecule has 4 amide bonds. The summed E-state index contributed by atoms with van der Waals surface area (Å²) >= 11 is 0. The Labute approximate surface area is 158 Å². The van der Waals surface area contributed by atoms with Crippen LogP contribution in [0, 0.1) is 5.92 Å². The molecule has 3 atom stereocenters. The smallest absolute Gasteiger partial charge is 0.332 e. The van der Waals surface area contributed by atoms with Crippen molar-refractivity contribution in [3.63, 3.8) is 0 Å². The number of Topliss-reactive ketones (excluding diaryl/α,β-unsaturated/α-hetero) is 1. The van der Waals surface area contributed by atoms with E-state index in [1.165, 1.54) is 16.2 Å². The molecule has 0 spiro atoms. The molecule has 4 N–H and O–H groups in total. The fraction of sp³-hybridized carbons (Fsp3) is 0.706. The number of likely N-dealkylation sites (N-methyl/N-ethyl adjacent to an activating group) is 1. The number of primary amides is 1. The summed E-state index contributed by atoms with van der Waals surface area (Å²) < 4.78 is 0. The van der Waals surface area contributed by atoms with Crippen molar-refractivity contribution in [2.24, 2.45) is 16.8 Å². The number of hydrogen-bond donors (Lipinski definition) is 3.